The molecule has 0 bridgehead atoms. The Morgan fingerprint density at radius 1 is 1.30 bits per heavy atom. The van der Waals surface area contributed by atoms with Gasteiger partial charge in [0.25, 0.3) is 0 Å². The van der Waals surface area contributed by atoms with Gasteiger partial charge in [-0.05, 0) is 17.9 Å². The lowest BCUT2D eigenvalue weighted by Crippen LogP contribution is -2.59. The number of aromatic nitrogens is 2. The molecule has 2 rings (SSSR count). The van der Waals surface area contributed by atoms with Crippen LogP contribution in [0.5, 0.6) is 0 Å². The molecule has 0 aliphatic carbocycles. The second kappa shape index (κ2) is 7.14. The molecule has 1 fully saturated rings. The predicted molar refractivity (Wildman–Crippen MR) is 82.3 cm³/mol. The lowest BCUT2D eigenvalue weighted by Gasteiger charge is -2.43. The van der Waals surface area contributed by atoms with E-state index in [-0.39, 0.29) is 0 Å². The summed E-state index contributed by atoms with van der Waals surface area (Å²) in [5.41, 5.74) is 0. The molecule has 1 aliphatic heterocycles. The minimum Gasteiger partial charge on any atom is -0.311 e. The van der Waals surface area contributed by atoms with Crippen molar-refractivity contribution in [2.45, 2.75) is 52.7 Å². The highest BCUT2D eigenvalue weighted by molar-refractivity contribution is 4.94. The molecule has 4 nitrogen and oxygen atoms in total. The van der Waals surface area contributed by atoms with E-state index in [1.54, 1.807) is 0 Å². The predicted octanol–water partition coefficient (Wildman–Crippen LogP) is 2.32. The zero-order chi connectivity index (χ0) is 14.5. The number of hydrogen-bond donors (Lipinski definition) is 1. The van der Waals surface area contributed by atoms with Gasteiger partial charge in [0, 0.05) is 37.6 Å². The van der Waals surface area contributed by atoms with Gasteiger partial charge in [0.1, 0.15) is 5.82 Å². The third kappa shape index (κ3) is 3.76. The fourth-order valence-electron chi connectivity index (χ4n) is 2.95. The van der Waals surface area contributed by atoms with Crippen molar-refractivity contribution in [3.63, 3.8) is 0 Å². The van der Waals surface area contributed by atoms with Crippen LogP contribution in [-0.2, 0) is 6.54 Å². The summed E-state index contributed by atoms with van der Waals surface area (Å²) in [4.78, 5) is 11.3. The average molecular weight is 276 g/mol. The Bertz CT molecular complexity index is 393. The summed E-state index contributed by atoms with van der Waals surface area (Å²) >= 11 is 0. The summed E-state index contributed by atoms with van der Waals surface area (Å²) in [6.45, 7) is 12.2. The van der Waals surface area contributed by atoms with Crippen LogP contribution in [0, 0.1) is 11.8 Å². The van der Waals surface area contributed by atoms with Gasteiger partial charge in [-0.2, -0.15) is 0 Å². The zero-order valence-corrected chi connectivity index (χ0v) is 13.2. The van der Waals surface area contributed by atoms with Crippen LogP contribution in [0.1, 0.15) is 39.9 Å². The molecule has 20 heavy (non-hydrogen) atoms. The first-order valence-corrected chi connectivity index (χ1v) is 7.85. The van der Waals surface area contributed by atoms with Crippen molar-refractivity contribution in [3.8, 4) is 0 Å². The van der Waals surface area contributed by atoms with Gasteiger partial charge >= 0.3 is 0 Å². The summed E-state index contributed by atoms with van der Waals surface area (Å²) in [5.74, 6) is 2.29. The molecule has 2 heterocycles. The van der Waals surface area contributed by atoms with Crippen LogP contribution >= 0.6 is 0 Å². The van der Waals surface area contributed by atoms with Crippen LogP contribution in [0.3, 0.4) is 0 Å². The van der Waals surface area contributed by atoms with E-state index in [9.17, 15) is 0 Å². The molecule has 1 N–H and O–H groups in total. The summed E-state index contributed by atoms with van der Waals surface area (Å²) in [6.07, 6.45) is 4.89. The lowest BCUT2D eigenvalue weighted by molar-refractivity contribution is 0.0729. The van der Waals surface area contributed by atoms with Crippen LogP contribution in [0.4, 0.5) is 0 Å². The van der Waals surface area contributed by atoms with E-state index in [1.807, 2.05) is 18.5 Å². The Morgan fingerprint density at radius 2 is 2.00 bits per heavy atom. The monoisotopic (exact) mass is 276 g/mol. The summed E-state index contributed by atoms with van der Waals surface area (Å²) in [6, 6.07) is 3.03. The molecule has 1 aromatic heterocycles. The van der Waals surface area contributed by atoms with Crippen LogP contribution in [-0.4, -0.2) is 40.0 Å². The second-order valence-electron chi connectivity index (χ2n) is 6.31. The van der Waals surface area contributed by atoms with Crippen molar-refractivity contribution >= 4 is 0 Å². The van der Waals surface area contributed by atoms with Gasteiger partial charge in [0.05, 0.1) is 6.54 Å². The van der Waals surface area contributed by atoms with Crippen LogP contribution in [0.25, 0.3) is 0 Å². The van der Waals surface area contributed by atoms with Crippen molar-refractivity contribution < 1.29 is 0 Å². The number of hydrogen-bond acceptors (Lipinski definition) is 4. The first-order valence-electron chi connectivity index (χ1n) is 7.85. The minimum atomic E-state index is 0.569. The van der Waals surface area contributed by atoms with Crippen LogP contribution < -0.4 is 5.32 Å². The van der Waals surface area contributed by atoms with Gasteiger partial charge in [-0.15, -0.1) is 0 Å². The first-order chi connectivity index (χ1) is 9.61. The lowest BCUT2D eigenvalue weighted by atomic mass is 9.92. The number of piperazine rings is 1. The molecule has 3 unspecified atom stereocenters. The fraction of sp³-hybridized carbons (Fsp3) is 0.750. The number of nitrogens with one attached hydrogen (secondary N) is 1. The SMILES string of the molecule is CCC(C)C1CN(Cc2ncccn2)C(C(C)C)CN1. The van der Waals surface area contributed by atoms with E-state index < -0.39 is 0 Å². The molecule has 0 aromatic carbocycles. The number of rotatable bonds is 5. The van der Waals surface area contributed by atoms with Gasteiger partial charge in [-0.3, -0.25) is 4.90 Å². The van der Waals surface area contributed by atoms with Gasteiger partial charge in [-0.25, -0.2) is 9.97 Å². The largest absolute Gasteiger partial charge is 0.311 e. The van der Waals surface area contributed by atoms with E-state index in [2.05, 4.69) is 47.9 Å². The maximum atomic E-state index is 4.38. The van der Waals surface area contributed by atoms with E-state index in [0.29, 0.717) is 23.9 Å². The smallest absolute Gasteiger partial charge is 0.142 e. The third-order valence-corrected chi connectivity index (χ3v) is 4.55. The van der Waals surface area contributed by atoms with Gasteiger partial charge in [0.2, 0.25) is 0 Å². The molecule has 3 atom stereocenters. The van der Waals surface area contributed by atoms with Crippen molar-refractivity contribution in [2.24, 2.45) is 11.8 Å². The Labute approximate surface area is 123 Å². The maximum Gasteiger partial charge on any atom is 0.142 e. The molecule has 1 aromatic rings. The minimum absolute atomic E-state index is 0.569. The highest BCUT2D eigenvalue weighted by Gasteiger charge is 2.31. The molecule has 0 saturated carbocycles. The Morgan fingerprint density at radius 3 is 2.60 bits per heavy atom. The first kappa shape index (κ1) is 15.4. The molecule has 4 heteroatoms. The van der Waals surface area contributed by atoms with Gasteiger partial charge in [-0.1, -0.05) is 34.1 Å². The molecular weight excluding hydrogens is 248 g/mol. The second-order valence-corrected chi connectivity index (χ2v) is 6.31. The van der Waals surface area contributed by atoms with E-state index in [4.69, 9.17) is 0 Å². The molecule has 1 aliphatic rings. The van der Waals surface area contributed by atoms with E-state index >= 15 is 0 Å². The Kier molecular flexibility index (Phi) is 5.49. The topological polar surface area (TPSA) is 41.1 Å². The third-order valence-electron chi connectivity index (χ3n) is 4.55. The van der Waals surface area contributed by atoms with Crippen molar-refractivity contribution in [2.75, 3.05) is 13.1 Å². The highest BCUT2D eigenvalue weighted by Crippen LogP contribution is 2.21. The normalized spacial score (nSPS) is 25.9. The average Bonchev–Trinajstić information content (AvgIpc) is 2.47. The van der Waals surface area contributed by atoms with Gasteiger partial charge in [0.15, 0.2) is 0 Å². The standard InChI is InChI=1S/C16H28N4/c1-5-13(4)14-10-20(15(9-19-14)12(2)3)11-16-17-7-6-8-18-16/h6-8,12-15,19H,5,9-11H2,1-4H3. The quantitative estimate of drug-likeness (QED) is 0.896. The fourth-order valence-corrected chi connectivity index (χ4v) is 2.95. The molecular formula is C16H28N4. The molecule has 0 amide bonds. The summed E-state index contributed by atoms with van der Waals surface area (Å²) in [5, 5.41) is 3.73. The highest BCUT2D eigenvalue weighted by atomic mass is 15.2. The summed E-state index contributed by atoms with van der Waals surface area (Å²) in [7, 11) is 0. The van der Waals surface area contributed by atoms with Crippen molar-refractivity contribution in [1.82, 2.24) is 20.2 Å². The zero-order valence-electron chi connectivity index (χ0n) is 13.2. The molecule has 112 valence electrons. The maximum absolute atomic E-state index is 4.38. The molecule has 1 saturated heterocycles. The summed E-state index contributed by atoms with van der Waals surface area (Å²) < 4.78 is 0. The molecule has 0 radical (unpaired) electrons. The van der Waals surface area contributed by atoms with Crippen molar-refractivity contribution in [1.29, 1.82) is 0 Å². The van der Waals surface area contributed by atoms with E-state index in [1.165, 1.54) is 6.42 Å². The number of nitrogens with zero attached hydrogens (tertiary/aromatic N) is 3. The van der Waals surface area contributed by atoms with Crippen LogP contribution in [0.15, 0.2) is 18.5 Å². The van der Waals surface area contributed by atoms with Crippen LogP contribution in [0.2, 0.25) is 0 Å². The van der Waals surface area contributed by atoms with E-state index in [0.717, 1.165) is 25.5 Å². The van der Waals surface area contributed by atoms with Crippen molar-refractivity contribution in [3.05, 3.63) is 24.3 Å². The van der Waals surface area contributed by atoms with Gasteiger partial charge < -0.3 is 5.32 Å². The Balaban J connectivity index is 2.07. The molecule has 0 spiro atoms. The Hall–Kier alpha value is -1.00.